The summed E-state index contributed by atoms with van der Waals surface area (Å²) in [7, 11) is 0. The average molecular weight is 286 g/mol. The zero-order valence-electron chi connectivity index (χ0n) is 11.0. The number of nitrogens with one attached hydrogen (secondary N) is 2. The van der Waals surface area contributed by atoms with Gasteiger partial charge < -0.3 is 10.6 Å². The Hall–Kier alpha value is -1.72. The molecule has 0 atom stereocenters. The highest BCUT2D eigenvalue weighted by molar-refractivity contribution is 5.80. The van der Waals surface area contributed by atoms with Gasteiger partial charge in [0.1, 0.15) is 0 Å². The van der Waals surface area contributed by atoms with E-state index < -0.39 is 17.5 Å². The summed E-state index contributed by atoms with van der Waals surface area (Å²) in [6.07, 6.45) is 5.33. The van der Waals surface area contributed by atoms with Gasteiger partial charge in [-0.05, 0) is 12.8 Å². The van der Waals surface area contributed by atoms with Gasteiger partial charge in [0.05, 0.1) is 6.54 Å². The minimum Gasteiger partial charge on any atom is -0.376 e. The Labute approximate surface area is 115 Å². The van der Waals surface area contributed by atoms with Crippen molar-refractivity contribution in [1.29, 1.82) is 0 Å². The van der Waals surface area contributed by atoms with Crippen molar-refractivity contribution in [1.82, 2.24) is 5.32 Å². The Kier molecular flexibility index (Phi) is 4.87. The average Bonchev–Trinajstić information content (AvgIpc) is 2.43. The summed E-state index contributed by atoms with van der Waals surface area (Å²) in [6, 6.07) is 1.83. The van der Waals surface area contributed by atoms with Crippen molar-refractivity contribution in [2.45, 2.75) is 38.1 Å². The lowest BCUT2D eigenvalue weighted by Gasteiger charge is -2.22. The topological polar surface area (TPSA) is 41.1 Å². The predicted octanol–water partition coefficient (Wildman–Crippen LogP) is 2.96. The van der Waals surface area contributed by atoms with Crippen LogP contribution in [-0.4, -0.2) is 18.5 Å². The van der Waals surface area contributed by atoms with Gasteiger partial charge in [-0.25, -0.2) is 13.2 Å². The SMILES string of the molecule is O=C(CNc1cc(F)c(F)c(F)c1)NC1CCCCC1. The lowest BCUT2D eigenvalue weighted by atomic mass is 9.95. The molecule has 1 aliphatic carbocycles. The third-order valence-electron chi connectivity index (χ3n) is 3.41. The number of carbonyl (C=O) groups is 1. The summed E-state index contributed by atoms with van der Waals surface area (Å²) in [5.41, 5.74) is 0.0418. The van der Waals surface area contributed by atoms with Gasteiger partial charge in [0.2, 0.25) is 5.91 Å². The van der Waals surface area contributed by atoms with E-state index in [0.29, 0.717) is 0 Å². The van der Waals surface area contributed by atoms with E-state index in [1.54, 1.807) is 0 Å². The second-order valence-corrected chi connectivity index (χ2v) is 5.01. The second kappa shape index (κ2) is 6.63. The van der Waals surface area contributed by atoms with Gasteiger partial charge in [0.15, 0.2) is 17.5 Å². The molecule has 1 aromatic rings. The number of amides is 1. The molecular formula is C14H17F3N2O. The minimum atomic E-state index is -1.51. The van der Waals surface area contributed by atoms with E-state index in [0.717, 1.165) is 37.8 Å². The van der Waals surface area contributed by atoms with Gasteiger partial charge >= 0.3 is 0 Å². The van der Waals surface area contributed by atoms with Gasteiger partial charge in [0, 0.05) is 23.9 Å². The standard InChI is InChI=1S/C14H17F3N2O/c15-11-6-10(7-12(16)14(11)17)18-8-13(20)19-9-4-2-1-3-5-9/h6-7,9,18H,1-5,8H2,(H,19,20). The molecular weight excluding hydrogens is 269 g/mol. The molecule has 6 heteroatoms. The molecule has 0 spiro atoms. The fourth-order valence-electron chi connectivity index (χ4n) is 2.37. The van der Waals surface area contributed by atoms with Crippen LogP contribution in [0.2, 0.25) is 0 Å². The summed E-state index contributed by atoms with van der Waals surface area (Å²) < 4.78 is 38.7. The van der Waals surface area contributed by atoms with Gasteiger partial charge in [-0.1, -0.05) is 19.3 Å². The number of hydrogen-bond donors (Lipinski definition) is 2. The molecule has 0 unspecified atom stereocenters. The highest BCUT2D eigenvalue weighted by atomic mass is 19.2. The van der Waals surface area contributed by atoms with E-state index in [-0.39, 0.29) is 24.2 Å². The number of anilines is 1. The van der Waals surface area contributed by atoms with Gasteiger partial charge in [-0.15, -0.1) is 0 Å². The molecule has 110 valence electrons. The van der Waals surface area contributed by atoms with Gasteiger partial charge in [-0.3, -0.25) is 4.79 Å². The molecule has 1 aliphatic rings. The lowest BCUT2D eigenvalue weighted by molar-refractivity contribution is -0.120. The Morgan fingerprint density at radius 3 is 2.30 bits per heavy atom. The van der Waals surface area contributed by atoms with Crippen LogP contribution in [0.1, 0.15) is 32.1 Å². The summed E-state index contributed by atoms with van der Waals surface area (Å²) in [5, 5.41) is 5.45. The molecule has 2 rings (SSSR count). The van der Waals surface area contributed by atoms with E-state index in [1.807, 2.05) is 0 Å². The smallest absolute Gasteiger partial charge is 0.239 e. The molecule has 0 radical (unpaired) electrons. The number of rotatable bonds is 4. The first-order valence-electron chi connectivity index (χ1n) is 6.74. The summed E-state index contributed by atoms with van der Waals surface area (Å²) in [6.45, 7) is -0.0962. The van der Waals surface area contributed by atoms with Crippen molar-refractivity contribution in [2.24, 2.45) is 0 Å². The first-order chi connectivity index (χ1) is 9.56. The Morgan fingerprint density at radius 2 is 1.70 bits per heavy atom. The van der Waals surface area contributed by atoms with Crippen LogP contribution in [0.25, 0.3) is 0 Å². The number of halogens is 3. The molecule has 0 heterocycles. The summed E-state index contributed by atoms with van der Waals surface area (Å²) in [4.78, 5) is 11.7. The van der Waals surface area contributed by atoms with Crippen molar-refractivity contribution in [2.75, 3.05) is 11.9 Å². The van der Waals surface area contributed by atoms with Crippen LogP contribution in [0.15, 0.2) is 12.1 Å². The van der Waals surface area contributed by atoms with Crippen LogP contribution in [-0.2, 0) is 4.79 Å². The van der Waals surface area contributed by atoms with Crippen LogP contribution in [0, 0.1) is 17.5 Å². The van der Waals surface area contributed by atoms with Gasteiger partial charge in [-0.2, -0.15) is 0 Å². The maximum Gasteiger partial charge on any atom is 0.239 e. The second-order valence-electron chi connectivity index (χ2n) is 5.01. The van der Waals surface area contributed by atoms with Crippen molar-refractivity contribution < 1.29 is 18.0 Å². The molecule has 1 saturated carbocycles. The van der Waals surface area contributed by atoms with E-state index in [1.165, 1.54) is 6.42 Å². The molecule has 0 aromatic heterocycles. The molecule has 20 heavy (non-hydrogen) atoms. The monoisotopic (exact) mass is 286 g/mol. The number of hydrogen-bond acceptors (Lipinski definition) is 2. The van der Waals surface area contributed by atoms with Crippen molar-refractivity contribution in [3.05, 3.63) is 29.6 Å². The zero-order valence-corrected chi connectivity index (χ0v) is 11.0. The Bertz CT molecular complexity index is 464. The van der Waals surface area contributed by atoms with Crippen LogP contribution in [0.4, 0.5) is 18.9 Å². The van der Waals surface area contributed by atoms with Crippen LogP contribution < -0.4 is 10.6 Å². The molecule has 1 fully saturated rings. The van der Waals surface area contributed by atoms with Crippen LogP contribution in [0.3, 0.4) is 0 Å². The van der Waals surface area contributed by atoms with E-state index >= 15 is 0 Å². The quantitative estimate of drug-likeness (QED) is 0.836. The number of carbonyl (C=O) groups excluding carboxylic acids is 1. The van der Waals surface area contributed by atoms with Crippen molar-refractivity contribution in [3.8, 4) is 0 Å². The fourth-order valence-corrected chi connectivity index (χ4v) is 2.37. The van der Waals surface area contributed by atoms with Crippen molar-refractivity contribution in [3.63, 3.8) is 0 Å². The van der Waals surface area contributed by atoms with E-state index in [9.17, 15) is 18.0 Å². The molecule has 0 aliphatic heterocycles. The summed E-state index contributed by atoms with van der Waals surface area (Å²) >= 11 is 0. The molecule has 0 bridgehead atoms. The molecule has 0 saturated heterocycles. The first kappa shape index (κ1) is 14.7. The Morgan fingerprint density at radius 1 is 1.10 bits per heavy atom. The zero-order chi connectivity index (χ0) is 14.5. The van der Waals surface area contributed by atoms with E-state index in [4.69, 9.17) is 0 Å². The largest absolute Gasteiger partial charge is 0.376 e. The molecule has 3 nitrogen and oxygen atoms in total. The van der Waals surface area contributed by atoms with Gasteiger partial charge in [0.25, 0.3) is 0 Å². The maximum atomic E-state index is 13.0. The lowest BCUT2D eigenvalue weighted by Crippen LogP contribution is -2.39. The first-order valence-corrected chi connectivity index (χ1v) is 6.74. The third kappa shape index (κ3) is 3.88. The van der Waals surface area contributed by atoms with Crippen LogP contribution in [0.5, 0.6) is 0 Å². The summed E-state index contributed by atoms with van der Waals surface area (Å²) in [5.74, 6) is -4.30. The third-order valence-corrected chi connectivity index (χ3v) is 3.41. The molecule has 2 N–H and O–H groups in total. The van der Waals surface area contributed by atoms with E-state index in [2.05, 4.69) is 10.6 Å². The molecule has 1 aromatic carbocycles. The fraction of sp³-hybridized carbons (Fsp3) is 0.500. The molecule has 1 amide bonds. The maximum absolute atomic E-state index is 13.0. The predicted molar refractivity (Wildman–Crippen MR) is 69.8 cm³/mol. The number of benzene rings is 1. The van der Waals surface area contributed by atoms with Crippen LogP contribution >= 0.6 is 0 Å². The minimum absolute atomic E-state index is 0.0418. The Balaban J connectivity index is 1.83. The highest BCUT2D eigenvalue weighted by Crippen LogP contribution is 2.18. The highest BCUT2D eigenvalue weighted by Gasteiger charge is 2.16. The normalized spacial score (nSPS) is 15.9. The van der Waals surface area contributed by atoms with Crippen molar-refractivity contribution >= 4 is 11.6 Å².